The van der Waals surface area contributed by atoms with Gasteiger partial charge < -0.3 is 35.0 Å². The Balaban J connectivity index is 1.53. The molecule has 1 aromatic rings. The molecule has 1 aliphatic carbocycles. The Bertz CT molecular complexity index is 973. The molecule has 0 bridgehead atoms. The van der Waals surface area contributed by atoms with Crippen molar-refractivity contribution in [1.29, 1.82) is 0 Å². The van der Waals surface area contributed by atoms with E-state index < -0.39 is 30.0 Å². The number of hydrogen-bond donors (Lipinski definition) is 3. The summed E-state index contributed by atoms with van der Waals surface area (Å²) < 4.78 is 16.2. The van der Waals surface area contributed by atoms with Crippen LogP contribution in [0.4, 0.5) is 4.79 Å². The number of nitrogens with one attached hydrogen (secondary N) is 3. The summed E-state index contributed by atoms with van der Waals surface area (Å²) in [6, 6.07) is 5.10. The van der Waals surface area contributed by atoms with Crippen molar-refractivity contribution in [3.05, 3.63) is 34.9 Å². The number of carbonyl (C=O) groups excluding carboxylic acids is 4. The molecule has 3 rings (SSSR count). The quantitative estimate of drug-likeness (QED) is 0.202. The van der Waals surface area contributed by atoms with Crippen molar-refractivity contribution in [1.82, 2.24) is 16.0 Å². The molecule has 0 spiro atoms. The number of alkyl carbamates (subject to hydrolysis) is 1. The first-order valence-corrected chi connectivity index (χ1v) is 14.6. The van der Waals surface area contributed by atoms with E-state index in [0.717, 1.165) is 37.7 Å². The van der Waals surface area contributed by atoms with Gasteiger partial charge in [0.15, 0.2) is 0 Å². The number of halogens is 1. The Morgan fingerprint density at radius 1 is 1.12 bits per heavy atom. The van der Waals surface area contributed by atoms with Crippen LogP contribution in [0.1, 0.15) is 63.9 Å². The molecular weight excluding hydrogens is 538 g/mol. The average molecular weight is 580 g/mol. The van der Waals surface area contributed by atoms with E-state index in [1.54, 1.807) is 24.3 Å². The van der Waals surface area contributed by atoms with E-state index in [9.17, 15) is 19.2 Å². The molecule has 0 radical (unpaired) electrons. The zero-order valence-corrected chi connectivity index (χ0v) is 24.0. The van der Waals surface area contributed by atoms with Crippen molar-refractivity contribution in [2.24, 2.45) is 11.8 Å². The molecule has 2 fully saturated rings. The molecule has 3 N–H and O–H groups in total. The van der Waals surface area contributed by atoms with Crippen molar-refractivity contribution in [3.63, 3.8) is 0 Å². The van der Waals surface area contributed by atoms with E-state index in [-0.39, 0.29) is 30.9 Å². The van der Waals surface area contributed by atoms with Gasteiger partial charge >= 0.3 is 6.09 Å². The predicted molar refractivity (Wildman–Crippen MR) is 150 cm³/mol. The minimum atomic E-state index is -0.862. The molecule has 11 heteroatoms. The molecule has 222 valence electrons. The highest BCUT2D eigenvalue weighted by Crippen LogP contribution is 2.28. The summed E-state index contributed by atoms with van der Waals surface area (Å²) in [4.78, 5) is 50.3. The van der Waals surface area contributed by atoms with Crippen LogP contribution in [-0.4, -0.2) is 68.7 Å². The first-order valence-electron chi connectivity index (χ1n) is 14.3. The maximum atomic E-state index is 13.3. The number of benzene rings is 1. The van der Waals surface area contributed by atoms with Gasteiger partial charge in [0.25, 0.3) is 0 Å². The first kappa shape index (κ1) is 31.8. The standard InChI is InChI=1S/C29H42ClN3O7/c1-2-38-11-12-39-19-25-16-22(27(35)32-25)15-24(17-34)31-28(36)26(14-20-7-4-3-5-8-20)33-29(37)40-18-21-9-6-10-23(30)13-21/h6,9-10,13,17,20,22,24-26H,2-5,7-8,11-12,14-16,18-19H2,1H3,(H,31,36)(H,32,35)(H,33,37)/t22?,24-,25?,26-/m0/s1. The largest absolute Gasteiger partial charge is 0.445 e. The summed E-state index contributed by atoms with van der Waals surface area (Å²) >= 11 is 6.00. The van der Waals surface area contributed by atoms with E-state index in [0.29, 0.717) is 50.6 Å². The van der Waals surface area contributed by atoms with Crippen LogP contribution < -0.4 is 16.0 Å². The number of rotatable bonds is 16. The first-order chi connectivity index (χ1) is 19.4. The van der Waals surface area contributed by atoms with Gasteiger partial charge in [-0.25, -0.2) is 4.79 Å². The van der Waals surface area contributed by atoms with E-state index in [1.807, 2.05) is 6.92 Å². The van der Waals surface area contributed by atoms with Crippen molar-refractivity contribution in [3.8, 4) is 0 Å². The second kappa shape index (κ2) is 17.2. The third kappa shape index (κ3) is 11.1. The van der Waals surface area contributed by atoms with E-state index >= 15 is 0 Å². The van der Waals surface area contributed by atoms with E-state index in [1.165, 1.54) is 0 Å². The summed E-state index contributed by atoms with van der Waals surface area (Å²) in [7, 11) is 0. The van der Waals surface area contributed by atoms with E-state index in [2.05, 4.69) is 16.0 Å². The van der Waals surface area contributed by atoms with Gasteiger partial charge in [-0.05, 0) is 49.8 Å². The predicted octanol–water partition coefficient (Wildman–Crippen LogP) is 3.54. The number of amides is 3. The van der Waals surface area contributed by atoms with Crippen LogP contribution in [0.2, 0.25) is 5.02 Å². The van der Waals surface area contributed by atoms with Gasteiger partial charge in [0.1, 0.15) is 18.9 Å². The van der Waals surface area contributed by atoms with Gasteiger partial charge in [0.2, 0.25) is 11.8 Å². The lowest BCUT2D eigenvalue weighted by Crippen LogP contribution is -2.51. The lowest BCUT2D eigenvalue weighted by molar-refractivity contribution is -0.127. The summed E-state index contributed by atoms with van der Waals surface area (Å²) in [5, 5.41) is 8.88. The molecule has 40 heavy (non-hydrogen) atoms. The number of hydrogen-bond acceptors (Lipinski definition) is 7. The lowest BCUT2D eigenvalue weighted by Gasteiger charge is -2.27. The number of ether oxygens (including phenoxy) is 3. The SMILES string of the molecule is CCOCCOCC1CC(C[C@@H](C=O)NC(=O)[C@H](CC2CCCCC2)NC(=O)OCc2cccc(Cl)c2)C(=O)N1. The fraction of sp³-hybridized carbons (Fsp3) is 0.655. The second-order valence-electron chi connectivity index (χ2n) is 10.5. The average Bonchev–Trinajstić information content (AvgIpc) is 3.30. The molecule has 10 nitrogen and oxygen atoms in total. The lowest BCUT2D eigenvalue weighted by atomic mass is 9.84. The van der Waals surface area contributed by atoms with Gasteiger partial charge in [-0.1, -0.05) is 55.8 Å². The van der Waals surface area contributed by atoms with Crippen LogP contribution in [-0.2, 0) is 35.2 Å². The Morgan fingerprint density at radius 3 is 2.62 bits per heavy atom. The fourth-order valence-corrected chi connectivity index (χ4v) is 5.53. The van der Waals surface area contributed by atoms with Crippen molar-refractivity contribution < 1.29 is 33.4 Å². The van der Waals surface area contributed by atoms with Crippen LogP contribution >= 0.6 is 11.6 Å². The number of carbonyl (C=O) groups is 4. The third-order valence-corrected chi connectivity index (χ3v) is 7.61. The highest BCUT2D eigenvalue weighted by Gasteiger charge is 2.35. The van der Waals surface area contributed by atoms with Gasteiger partial charge in [0, 0.05) is 17.5 Å². The fourth-order valence-electron chi connectivity index (χ4n) is 5.31. The highest BCUT2D eigenvalue weighted by atomic mass is 35.5. The second-order valence-corrected chi connectivity index (χ2v) is 11.0. The molecule has 2 aliphatic rings. The Morgan fingerprint density at radius 2 is 1.90 bits per heavy atom. The Hall–Kier alpha value is -2.69. The van der Waals surface area contributed by atoms with Gasteiger partial charge in [-0.15, -0.1) is 0 Å². The van der Waals surface area contributed by atoms with Gasteiger partial charge in [0.05, 0.1) is 31.9 Å². The smallest absolute Gasteiger partial charge is 0.408 e. The zero-order valence-electron chi connectivity index (χ0n) is 23.2. The summed E-state index contributed by atoms with van der Waals surface area (Å²) in [5.74, 6) is -0.766. The molecule has 1 saturated heterocycles. The highest BCUT2D eigenvalue weighted by molar-refractivity contribution is 6.30. The van der Waals surface area contributed by atoms with Crippen LogP contribution in [0.25, 0.3) is 0 Å². The minimum absolute atomic E-state index is 0.00836. The van der Waals surface area contributed by atoms with Crippen molar-refractivity contribution >= 4 is 35.8 Å². The molecule has 0 aromatic heterocycles. The van der Waals surface area contributed by atoms with Crippen LogP contribution in [0, 0.1) is 11.8 Å². The molecular formula is C29H42ClN3O7. The maximum absolute atomic E-state index is 13.3. The van der Waals surface area contributed by atoms with Crippen LogP contribution in [0.5, 0.6) is 0 Å². The Labute approximate surface area is 241 Å². The summed E-state index contributed by atoms with van der Waals surface area (Å²) in [6.45, 7) is 3.82. The van der Waals surface area contributed by atoms with Crippen LogP contribution in [0.3, 0.4) is 0 Å². The molecule has 2 unspecified atom stereocenters. The minimum Gasteiger partial charge on any atom is -0.445 e. The molecule has 3 amide bonds. The number of aldehydes is 1. The molecule has 1 aliphatic heterocycles. The molecule has 4 atom stereocenters. The summed E-state index contributed by atoms with van der Waals surface area (Å²) in [5.41, 5.74) is 0.727. The van der Waals surface area contributed by atoms with Gasteiger partial charge in [-0.3, -0.25) is 9.59 Å². The van der Waals surface area contributed by atoms with Crippen LogP contribution in [0.15, 0.2) is 24.3 Å². The summed E-state index contributed by atoms with van der Waals surface area (Å²) in [6.07, 6.45) is 6.36. The Kier molecular flexibility index (Phi) is 13.7. The monoisotopic (exact) mass is 579 g/mol. The van der Waals surface area contributed by atoms with Crippen molar-refractivity contribution in [2.75, 3.05) is 26.4 Å². The van der Waals surface area contributed by atoms with Gasteiger partial charge in [-0.2, -0.15) is 0 Å². The normalized spacial score (nSPS) is 20.8. The topological polar surface area (TPSA) is 132 Å². The molecule has 1 aromatic carbocycles. The zero-order chi connectivity index (χ0) is 28.7. The third-order valence-electron chi connectivity index (χ3n) is 7.37. The van der Waals surface area contributed by atoms with Crippen molar-refractivity contribution in [2.45, 2.75) is 83.0 Å². The maximum Gasteiger partial charge on any atom is 0.408 e. The molecule has 1 saturated carbocycles. The van der Waals surface area contributed by atoms with E-state index in [4.69, 9.17) is 25.8 Å². The molecule has 1 heterocycles.